The molecule has 0 spiro atoms. The van der Waals surface area contributed by atoms with E-state index in [0.29, 0.717) is 24.1 Å². The Morgan fingerprint density at radius 3 is 2.57 bits per heavy atom. The summed E-state index contributed by atoms with van der Waals surface area (Å²) in [4.78, 5) is 54.4. The van der Waals surface area contributed by atoms with Gasteiger partial charge in [0.25, 0.3) is 11.8 Å². The van der Waals surface area contributed by atoms with Gasteiger partial charge in [0.2, 0.25) is 0 Å². The van der Waals surface area contributed by atoms with Crippen LogP contribution in [0.25, 0.3) is 10.8 Å². The van der Waals surface area contributed by atoms with Crippen LogP contribution in [-0.4, -0.2) is 46.5 Å². The Kier molecular flexibility index (Phi) is 5.68. The third-order valence-electron chi connectivity index (χ3n) is 6.67. The van der Waals surface area contributed by atoms with Crippen LogP contribution in [0.1, 0.15) is 45.5 Å². The first-order valence-corrected chi connectivity index (χ1v) is 11.5. The minimum Gasteiger partial charge on any atom is -0.323 e. The third kappa shape index (κ3) is 4.10. The molecular weight excluding hydrogens is 442 g/mol. The van der Waals surface area contributed by atoms with Gasteiger partial charge >= 0.3 is 6.03 Å². The molecule has 176 valence electrons. The van der Waals surface area contributed by atoms with Crippen LogP contribution < -0.4 is 5.32 Å². The van der Waals surface area contributed by atoms with Crippen LogP contribution in [0.4, 0.5) is 10.5 Å². The zero-order chi connectivity index (χ0) is 24.7. The highest BCUT2D eigenvalue weighted by Crippen LogP contribution is 2.33. The number of imide groups is 1. The molecule has 1 aliphatic heterocycles. The number of urea groups is 1. The molecule has 1 heterocycles. The zero-order valence-electron chi connectivity index (χ0n) is 19.4. The fraction of sp³-hybridized carbons (Fsp3) is 0.214. The predicted octanol–water partition coefficient (Wildman–Crippen LogP) is 4.78. The molecule has 2 aliphatic rings. The molecule has 0 saturated heterocycles. The van der Waals surface area contributed by atoms with Gasteiger partial charge in [0.05, 0.1) is 17.2 Å². The maximum absolute atomic E-state index is 13.3. The van der Waals surface area contributed by atoms with Crippen molar-refractivity contribution in [1.82, 2.24) is 9.80 Å². The first-order valence-electron chi connectivity index (χ1n) is 11.5. The lowest BCUT2D eigenvalue weighted by Crippen LogP contribution is -2.46. The van der Waals surface area contributed by atoms with Gasteiger partial charge in [-0.3, -0.25) is 19.3 Å². The number of amides is 4. The van der Waals surface area contributed by atoms with Crippen LogP contribution in [-0.2, 0) is 11.3 Å². The van der Waals surface area contributed by atoms with E-state index in [2.05, 4.69) is 11.9 Å². The van der Waals surface area contributed by atoms with Crippen molar-refractivity contribution >= 4 is 40.1 Å². The molecular formula is C28H25N3O4. The molecule has 1 unspecified atom stereocenters. The Labute approximate surface area is 203 Å². The average Bonchev–Trinajstić information content (AvgIpc) is 3.10. The lowest BCUT2D eigenvalue weighted by atomic mass is 9.89. The van der Waals surface area contributed by atoms with Gasteiger partial charge in [0.1, 0.15) is 0 Å². The smallest absolute Gasteiger partial charge is 0.321 e. The Balaban J connectivity index is 1.34. The van der Waals surface area contributed by atoms with Crippen molar-refractivity contribution in [2.24, 2.45) is 0 Å². The summed E-state index contributed by atoms with van der Waals surface area (Å²) in [7, 11) is 1.63. The van der Waals surface area contributed by atoms with Gasteiger partial charge < -0.3 is 10.2 Å². The average molecular weight is 468 g/mol. The lowest BCUT2D eigenvalue weighted by Gasteiger charge is -2.29. The SMILES string of the molecule is C=C1CCC(N2C(=O)c3cccc(CN(C)C(=O)Nc4ccc5ccccc5c4)c3C2=O)C(=O)C1. The van der Waals surface area contributed by atoms with Gasteiger partial charge in [0, 0.05) is 25.7 Å². The number of nitrogens with zero attached hydrogens (tertiary/aromatic N) is 2. The summed E-state index contributed by atoms with van der Waals surface area (Å²) in [5, 5.41) is 4.97. The van der Waals surface area contributed by atoms with Gasteiger partial charge in [0.15, 0.2) is 5.78 Å². The monoisotopic (exact) mass is 467 g/mol. The number of benzene rings is 3. The second kappa shape index (κ2) is 8.83. The fourth-order valence-corrected chi connectivity index (χ4v) is 4.83. The fourth-order valence-electron chi connectivity index (χ4n) is 4.83. The third-order valence-corrected chi connectivity index (χ3v) is 6.67. The van der Waals surface area contributed by atoms with E-state index in [-0.39, 0.29) is 35.9 Å². The molecule has 5 rings (SSSR count). The van der Waals surface area contributed by atoms with Crippen molar-refractivity contribution in [1.29, 1.82) is 0 Å². The predicted molar refractivity (Wildman–Crippen MR) is 133 cm³/mol. The van der Waals surface area contributed by atoms with Crippen molar-refractivity contribution in [2.75, 3.05) is 12.4 Å². The molecule has 7 heteroatoms. The Hall–Kier alpha value is -4.26. The van der Waals surface area contributed by atoms with Gasteiger partial charge in [-0.1, -0.05) is 54.6 Å². The molecule has 3 aromatic carbocycles. The van der Waals surface area contributed by atoms with Crippen molar-refractivity contribution in [2.45, 2.75) is 31.8 Å². The van der Waals surface area contributed by atoms with Crippen molar-refractivity contribution in [3.8, 4) is 0 Å². The quantitative estimate of drug-likeness (QED) is 0.442. The first kappa shape index (κ1) is 22.5. The van der Waals surface area contributed by atoms with E-state index in [4.69, 9.17) is 0 Å². The van der Waals surface area contributed by atoms with Gasteiger partial charge in [-0.25, -0.2) is 4.79 Å². The number of fused-ring (bicyclic) bond motifs is 2. The Bertz CT molecular complexity index is 1410. The van der Waals surface area contributed by atoms with Crippen LogP contribution in [0.2, 0.25) is 0 Å². The molecule has 0 bridgehead atoms. The highest BCUT2D eigenvalue weighted by atomic mass is 16.2. The topological polar surface area (TPSA) is 86.8 Å². The number of hydrogen-bond donors (Lipinski definition) is 1. The number of ketones is 1. The van der Waals surface area contributed by atoms with Crippen LogP contribution in [0.3, 0.4) is 0 Å². The summed E-state index contributed by atoms with van der Waals surface area (Å²) >= 11 is 0. The second-order valence-electron chi connectivity index (χ2n) is 9.12. The molecule has 1 atom stereocenters. The van der Waals surface area contributed by atoms with Crippen LogP contribution >= 0.6 is 0 Å². The molecule has 0 radical (unpaired) electrons. The van der Waals surface area contributed by atoms with Gasteiger partial charge in [-0.15, -0.1) is 0 Å². The van der Waals surface area contributed by atoms with E-state index >= 15 is 0 Å². The van der Waals surface area contributed by atoms with E-state index in [0.717, 1.165) is 21.2 Å². The lowest BCUT2D eigenvalue weighted by molar-refractivity contribution is -0.123. The van der Waals surface area contributed by atoms with E-state index in [1.54, 1.807) is 25.2 Å². The van der Waals surface area contributed by atoms with E-state index in [1.807, 2.05) is 42.5 Å². The number of Topliss-reactive ketones (excluding diaryl/α,β-unsaturated/α-hetero) is 1. The molecule has 1 saturated carbocycles. The van der Waals surface area contributed by atoms with Crippen molar-refractivity contribution < 1.29 is 19.2 Å². The summed E-state index contributed by atoms with van der Waals surface area (Å²) in [6.45, 7) is 3.99. The summed E-state index contributed by atoms with van der Waals surface area (Å²) < 4.78 is 0. The van der Waals surface area contributed by atoms with Crippen molar-refractivity contribution in [3.05, 3.63) is 89.5 Å². The first-order chi connectivity index (χ1) is 16.8. The van der Waals surface area contributed by atoms with E-state index in [1.165, 1.54) is 4.90 Å². The molecule has 4 amide bonds. The van der Waals surface area contributed by atoms with Crippen LogP contribution in [0.15, 0.2) is 72.8 Å². The molecule has 1 aliphatic carbocycles. The largest absolute Gasteiger partial charge is 0.323 e. The van der Waals surface area contributed by atoms with Crippen LogP contribution in [0.5, 0.6) is 0 Å². The van der Waals surface area contributed by atoms with E-state index in [9.17, 15) is 19.2 Å². The molecule has 1 fully saturated rings. The molecule has 1 N–H and O–H groups in total. The van der Waals surface area contributed by atoms with Gasteiger partial charge in [-0.05, 0) is 47.4 Å². The van der Waals surface area contributed by atoms with Crippen molar-refractivity contribution in [3.63, 3.8) is 0 Å². The second-order valence-corrected chi connectivity index (χ2v) is 9.12. The summed E-state index contributed by atoms with van der Waals surface area (Å²) in [5.41, 5.74) is 2.58. The van der Waals surface area contributed by atoms with E-state index < -0.39 is 17.9 Å². The number of hydrogen-bond acceptors (Lipinski definition) is 4. The number of anilines is 1. The standard InChI is InChI=1S/C28H25N3O4/c1-17-10-13-23(24(32)14-17)31-26(33)22-9-5-8-20(25(22)27(31)34)16-30(2)28(35)29-21-12-11-18-6-3-4-7-19(18)15-21/h3-9,11-12,15,23H,1,10,13-14,16H2,2H3,(H,29,35). The molecule has 7 nitrogen and oxygen atoms in total. The normalized spacial score (nSPS) is 17.6. The van der Waals surface area contributed by atoms with Gasteiger partial charge in [-0.2, -0.15) is 0 Å². The molecule has 3 aromatic rings. The summed E-state index contributed by atoms with van der Waals surface area (Å²) in [6, 6.07) is 17.5. The summed E-state index contributed by atoms with van der Waals surface area (Å²) in [6.07, 6.45) is 1.18. The number of carbonyl (C=O) groups is 4. The zero-order valence-corrected chi connectivity index (χ0v) is 19.4. The van der Waals surface area contributed by atoms with Crippen LogP contribution in [0, 0.1) is 0 Å². The minimum atomic E-state index is -0.769. The minimum absolute atomic E-state index is 0.130. The highest BCUT2D eigenvalue weighted by molar-refractivity contribution is 6.23. The number of rotatable bonds is 4. The Morgan fingerprint density at radius 1 is 1.03 bits per heavy atom. The number of nitrogens with one attached hydrogen (secondary N) is 1. The number of carbonyl (C=O) groups excluding carboxylic acids is 4. The number of allylic oxidation sites excluding steroid dienone is 1. The maximum atomic E-state index is 13.3. The highest BCUT2D eigenvalue weighted by Gasteiger charge is 2.44. The Morgan fingerprint density at radius 2 is 1.80 bits per heavy atom. The maximum Gasteiger partial charge on any atom is 0.321 e. The molecule has 0 aromatic heterocycles. The molecule has 35 heavy (non-hydrogen) atoms. The summed E-state index contributed by atoms with van der Waals surface area (Å²) in [5.74, 6) is -1.10.